The van der Waals surface area contributed by atoms with Crippen LogP contribution in [0.5, 0.6) is 0 Å². The number of aliphatic hydroxyl groups excluding tert-OH is 2. The highest BCUT2D eigenvalue weighted by molar-refractivity contribution is 5.66. The second-order valence-electron chi connectivity index (χ2n) is 3.92. The molecule has 7 heteroatoms. The van der Waals surface area contributed by atoms with Gasteiger partial charge in [-0.25, -0.2) is 0 Å². The molecule has 0 saturated carbocycles. The van der Waals surface area contributed by atoms with Crippen molar-refractivity contribution in [2.45, 2.75) is 38.4 Å². The highest BCUT2D eigenvalue weighted by Gasteiger charge is 2.44. The van der Waals surface area contributed by atoms with Gasteiger partial charge >= 0.3 is 5.97 Å². The van der Waals surface area contributed by atoms with Crippen molar-refractivity contribution >= 4 is 12.4 Å². The first kappa shape index (κ1) is 13.9. The van der Waals surface area contributed by atoms with E-state index in [-0.39, 0.29) is 13.1 Å². The summed E-state index contributed by atoms with van der Waals surface area (Å²) in [5, 5.41) is 19.5. The van der Waals surface area contributed by atoms with Gasteiger partial charge in [0.2, 0.25) is 0 Å². The van der Waals surface area contributed by atoms with E-state index >= 15 is 0 Å². The summed E-state index contributed by atoms with van der Waals surface area (Å²) in [6.07, 6.45) is -4.12. The first-order valence-corrected chi connectivity index (χ1v) is 5.21. The van der Waals surface area contributed by atoms with Gasteiger partial charge in [0, 0.05) is 12.8 Å². The topological polar surface area (TPSA) is 102 Å². The lowest BCUT2D eigenvalue weighted by atomic mass is 9.91. The molecular weight excluding hydrogens is 232 g/mol. The molecule has 5 atom stereocenters. The molecule has 1 aliphatic rings. The van der Waals surface area contributed by atoms with Gasteiger partial charge in [-0.1, -0.05) is 6.92 Å². The van der Waals surface area contributed by atoms with Crippen molar-refractivity contribution in [3.05, 3.63) is 0 Å². The average Bonchev–Trinajstić information content (AvgIpc) is 2.27. The number of ether oxygens (including phenoxy) is 3. The lowest BCUT2D eigenvalue weighted by Crippen LogP contribution is -2.55. The smallest absolute Gasteiger partial charge is 0.303 e. The zero-order chi connectivity index (χ0) is 13.0. The number of carbonyl (C=O) groups excluding carboxylic acids is 2. The third-order valence-corrected chi connectivity index (χ3v) is 2.66. The Morgan fingerprint density at radius 2 is 2.12 bits per heavy atom. The van der Waals surface area contributed by atoms with Gasteiger partial charge in [-0.15, -0.1) is 0 Å². The Kier molecular flexibility index (Phi) is 4.86. The van der Waals surface area contributed by atoms with E-state index in [2.05, 4.69) is 4.74 Å². The number of aliphatic hydroxyl groups is 2. The molecule has 98 valence electrons. The fourth-order valence-corrected chi connectivity index (χ4v) is 1.76. The van der Waals surface area contributed by atoms with Crippen molar-refractivity contribution in [3.63, 3.8) is 0 Å². The van der Waals surface area contributed by atoms with Crippen LogP contribution in [0.1, 0.15) is 13.8 Å². The molecule has 0 aromatic carbocycles. The van der Waals surface area contributed by atoms with Crippen LogP contribution in [0.2, 0.25) is 0 Å². The van der Waals surface area contributed by atoms with Crippen LogP contribution in [0, 0.1) is 5.92 Å². The molecule has 1 heterocycles. The highest BCUT2D eigenvalue weighted by atomic mass is 16.7. The summed E-state index contributed by atoms with van der Waals surface area (Å²) in [6.45, 7) is 2.87. The van der Waals surface area contributed by atoms with E-state index in [1.165, 1.54) is 6.92 Å². The maximum Gasteiger partial charge on any atom is 0.303 e. The summed E-state index contributed by atoms with van der Waals surface area (Å²) < 4.78 is 14.4. The van der Waals surface area contributed by atoms with Crippen LogP contribution in [0.4, 0.5) is 0 Å². The zero-order valence-corrected chi connectivity index (χ0v) is 9.61. The molecule has 0 aromatic rings. The molecule has 0 aromatic heterocycles. The molecular formula is C10H16O7. The molecule has 1 fully saturated rings. The van der Waals surface area contributed by atoms with Gasteiger partial charge in [0.15, 0.2) is 12.4 Å². The summed E-state index contributed by atoms with van der Waals surface area (Å²) in [6, 6.07) is 0. The fourth-order valence-electron chi connectivity index (χ4n) is 1.76. The maximum atomic E-state index is 10.8. The second-order valence-corrected chi connectivity index (χ2v) is 3.92. The fraction of sp³-hybridized carbons (Fsp3) is 0.800. The Morgan fingerprint density at radius 3 is 2.65 bits per heavy atom. The van der Waals surface area contributed by atoms with Crippen LogP contribution in [-0.2, 0) is 23.8 Å². The van der Waals surface area contributed by atoms with Crippen molar-refractivity contribution < 1.29 is 34.0 Å². The molecule has 0 amide bonds. The van der Waals surface area contributed by atoms with Gasteiger partial charge in [-0.3, -0.25) is 9.59 Å². The predicted octanol–water partition coefficient (Wildman–Crippen LogP) is -1.19. The summed E-state index contributed by atoms with van der Waals surface area (Å²) >= 11 is 0. The molecule has 1 aliphatic heterocycles. The van der Waals surface area contributed by atoms with Crippen LogP contribution >= 0.6 is 0 Å². The van der Waals surface area contributed by atoms with E-state index in [4.69, 9.17) is 9.47 Å². The van der Waals surface area contributed by atoms with Crippen molar-refractivity contribution in [2.75, 3.05) is 6.61 Å². The Bertz CT molecular complexity index is 280. The molecule has 7 nitrogen and oxygen atoms in total. The first-order chi connectivity index (χ1) is 7.97. The van der Waals surface area contributed by atoms with Gasteiger partial charge in [-0.05, 0) is 0 Å². The minimum atomic E-state index is -1.35. The van der Waals surface area contributed by atoms with Gasteiger partial charge < -0.3 is 24.4 Å². The van der Waals surface area contributed by atoms with E-state index in [1.54, 1.807) is 6.92 Å². The largest absolute Gasteiger partial charge is 0.465 e. The lowest BCUT2D eigenvalue weighted by Gasteiger charge is -2.40. The van der Waals surface area contributed by atoms with Gasteiger partial charge in [0.1, 0.15) is 12.7 Å². The number of carbonyl (C=O) groups is 2. The number of rotatable bonds is 4. The van der Waals surface area contributed by atoms with Crippen LogP contribution in [0.15, 0.2) is 0 Å². The van der Waals surface area contributed by atoms with Gasteiger partial charge in [0.05, 0.1) is 6.10 Å². The molecule has 1 saturated heterocycles. The normalized spacial score (nSPS) is 37.3. The van der Waals surface area contributed by atoms with Crippen LogP contribution < -0.4 is 0 Å². The molecule has 2 N–H and O–H groups in total. The average molecular weight is 248 g/mol. The quantitative estimate of drug-likeness (QED) is 0.476. The van der Waals surface area contributed by atoms with E-state index < -0.39 is 36.5 Å². The van der Waals surface area contributed by atoms with Crippen molar-refractivity contribution in [1.29, 1.82) is 0 Å². The predicted molar refractivity (Wildman–Crippen MR) is 53.6 cm³/mol. The molecule has 0 aliphatic carbocycles. The number of esters is 1. The Morgan fingerprint density at radius 1 is 1.47 bits per heavy atom. The monoisotopic (exact) mass is 248 g/mol. The van der Waals surface area contributed by atoms with Gasteiger partial charge in [0.25, 0.3) is 6.47 Å². The molecule has 0 bridgehead atoms. The zero-order valence-electron chi connectivity index (χ0n) is 9.61. The van der Waals surface area contributed by atoms with E-state index in [9.17, 15) is 19.8 Å². The van der Waals surface area contributed by atoms with Crippen molar-refractivity contribution in [1.82, 2.24) is 0 Å². The molecule has 1 rings (SSSR count). The molecule has 2 unspecified atom stereocenters. The minimum absolute atomic E-state index is 0.168. The van der Waals surface area contributed by atoms with Gasteiger partial charge in [-0.2, -0.15) is 0 Å². The summed E-state index contributed by atoms with van der Waals surface area (Å²) in [5.74, 6) is -1.10. The summed E-state index contributed by atoms with van der Waals surface area (Å²) in [4.78, 5) is 20.9. The number of hydrogen-bond acceptors (Lipinski definition) is 7. The van der Waals surface area contributed by atoms with E-state index in [0.29, 0.717) is 0 Å². The lowest BCUT2D eigenvalue weighted by molar-refractivity contribution is -0.276. The molecule has 17 heavy (non-hydrogen) atoms. The second kappa shape index (κ2) is 5.95. The molecule has 0 spiro atoms. The standard InChI is InChI=1S/C10H16O7/c1-5-8(13)7(3-15-4-11)17-10(14)9(5)16-6(2)12/h4-5,7-10,13-14H,3H2,1-2H3/t5?,7-,8-,9-,10?/m0/s1. The third-order valence-electron chi connectivity index (χ3n) is 2.66. The van der Waals surface area contributed by atoms with E-state index in [0.717, 1.165) is 0 Å². The highest BCUT2D eigenvalue weighted by Crippen LogP contribution is 2.27. The van der Waals surface area contributed by atoms with Crippen LogP contribution in [0.3, 0.4) is 0 Å². The van der Waals surface area contributed by atoms with Crippen molar-refractivity contribution in [3.8, 4) is 0 Å². The minimum Gasteiger partial charge on any atom is -0.465 e. The Balaban J connectivity index is 2.65. The third kappa shape index (κ3) is 3.39. The van der Waals surface area contributed by atoms with Crippen LogP contribution in [-0.4, -0.2) is 53.9 Å². The SMILES string of the molecule is CC(=O)O[C@@H]1C(O)O[C@@H](COC=O)[C@@H](O)C1C. The summed E-state index contributed by atoms with van der Waals surface area (Å²) in [7, 11) is 0. The maximum absolute atomic E-state index is 10.8. The van der Waals surface area contributed by atoms with E-state index in [1.807, 2.05) is 0 Å². The Labute approximate surface area is 98.3 Å². The Hall–Kier alpha value is -1.18. The van der Waals surface area contributed by atoms with Crippen molar-refractivity contribution in [2.24, 2.45) is 5.92 Å². The number of hydrogen-bond donors (Lipinski definition) is 2. The first-order valence-electron chi connectivity index (χ1n) is 5.21. The van der Waals surface area contributed by atoms with Crippen LogP contribution in [0.25, 0.3) is 0 Å². The summed E-state index contributed by atoms with van der Waals surface area (Å²) in [5.41, 5.74) is 0. The molecule has 0 radical (unpaired) electrons.